The third-order valence-electron chi connectivity index (χ3n) is 4.58. The largest absolute Gasteiger partial charge is 0.418 e. The van der Waals surface area contributed by atoms with Crippen LogP contribution in [-0.4, -0.2) is 22.6 Å². The number of benzene rings is 1. The fraction of sp³-hybridized carbons (Fsp3) is 0.471. The first-order valence-corrected chi connectivity index (χ1v) is 8.80. The van der Waals surface area contributed by atoms with Crippen molar-refractivity contribution in [3.63, 3.8) is 0 Å². The molecular formula is C17H18ClF3N4O2. The van der Waals surface area contributed by atoms with Crippen molar-refractivity contribution in [3.8, 4) is 0 Å². The highest BCUT2D eigenvalue weighted by atomic mass is 35.5. The van der Waals surface area contributed by atoms with Gasteiger partial charge in [-0.05, 0) is 25.0 Å². The third-order valence-corrected chi connectivity index (χ3v) is 4.90. The number of hydrogen-bond acceptors (Lipinski definition) is 5. The Kier molecular flexibility index (Phi) is 5.43. The maximum absolute atomic E-state index is 13.1. The number of para-hydroxylation sites is 1. The van der Waals surface area contributed by atoms with Crippen molar-refractivity contribution in [1.82, 2.24) is 15.5 Å². The van der Waals surface area contributed by atoms with Gasteiger partial charge in [0.2, 0.25) is 11.8 Å². The first-order chi connectivity index (χ1) is 12.7. The lowest BCUT2D eigenvalue weighted by Gasteiger charge is -2.26. The summed E-state index contributed by atoms with van der Waals surface area (Å²) in [4.78, 5) is 16.6. The van der Waals surface area contributed by atoms with E-state index in [0.717, 1.165) is 18.9 Å². The minimum Gasteiger partial charge on any atom is -0.340 e. The van der Waals surface area contributed by atoms with Crippen molar-refractivity contribution < 1.29 is 22.5 Å². The lowest BCUT2D eigenvalue weighted by molar-refractivity contribution is -0.137. The summed E-state index contributed by atoms with van der Waals surface area (Å²) >= 11 is 5.87. The highest BCUT2D eigenvalue weighted by Gasteiger charge is 2.40. The second kappa shape index (κ2) is 7.47. The number of carbonyl (C=O) groups excluding carboxylic acids is 1. The Morgan fingerprint density at radius 2 is 2.04 bits per heavy atom. The number of amides is 1. The van der Waals surface area contributed by atoms with E-state index >= 15 is 0 Å². The number of aryl methyl sites for hydroxylation is 1. The predicted octanol–water partition coefficient (Wildman–Crippen LogP) is 4.05. The average molecular weight is 403 g/mol. The van der Waals surface area contributed by atoms with Crippen LogP contribution < -0.4 is 10.6 Å². The van der Waals surface area contributed by atoms with Gasteiger partial charge in [0.05, 0.1) is 28.4 Å². The predicted molar refractivity (Wildman–Crippen MR) is 92.3 cm³/mol. The fourth-order valence-corrected chi connectivity index (χ4v) is 3.49. The van der Waals surface area contributed by atoms with Gasteiger partial charge in [-0.2, -0.15) is 18.2 Å². The minimum absolute atomic E-state index is 0.178. The van der Waals surface area contributed by atoms with E-state index in [2.05, 4.69) is 20.8 Å². The van der Waals surface area contributed by atoms with Crippen LogP contribution in [0, 0.1) is 6.92 Å². The van der Waals surface area contributed by atoms with Gasteiger partial charge >= 0.3 is 6.18 Å². The van der Waals surface area contributed by atoms with E-state index in [1.165, 1.54) is 12.1 Å². The van der Waals surface area contributed by atoms with Crippen molar-refractivity contribution in [2.75, 3.05) is 11.9 Å². The topological polar surface area (TPSA) is 80.0 Å². The summed E-state index contributed by atoms with van der Waals surface area (Å²) in [6.07, 6.45) is -1.37. The molecule has 0 aliphatic heterocycles. The van der Waals surface area contributed by atoms with Crippen molar-refractivity contribution in [2.24, 2.45) is 0 Å². The number of hydrogen-bond donors (Lipinski definition) is 2. The summed E-state index contributed by atoms with van der Waals surface area (Å²) in [7, 11) is 0. The molecule has 146 valence electrons. The van der Waals surface area contributed by atoms with E-state index in [9.17, 15) is 18.0 Å². The van der Waals surface area contributed by atoms with Gasteiger partial charge in [-0.3, -0.25) is 10.1 Å². The van der Waals surface area contributed by atoms with Crippen LogP contribution in [0.15, 0.2) is 22.7 Å². The Bertz CT molecular complexity index is 832. The lowest BCUT2D eigenvalue weighted by atomic mass is 9.96. The van der Waals surface area contributed by atoms with Crippen LogP contribution in [0.25, 0.3) is 0 Å². The highest BCUT2D eigenvalue weighted by Crippen LogP contribution is 2.39. The number of aromatic nitrogens is 2. The Morgan fingerprint density at radius 3 is 2.63 bits per heavy atom. The smallest absolute Gasteiger partial charge is 0.340 e. The molecule has 10 heteroatoms. The molecule has 0 radical (unpaired) electrons. The standard InChI is InChI=1S/C17H18ClF3N4O2/c1-10-23-15(25-27-10)16(7-2-3-8-16)22-9-13(26)24-14-11(17(19,20)21)5-4-6-12(14)18/h4-6,22H,2-3,7-9H2,1H3,(H,24,26). The van der Waals surface area contributed by atoms with Gasteiger partial charge in [-0.1, -0.05) is 35.7 Å². The normalized spacial score (nSPS) is 16.5. The summed E-state index contributed by atoms with van der Waals surface area (Å²) in [5, 5.41) is 9.13. The summed E-state index contributed by atoms with van der Waals surface area (Å²) in [5.74, 6) is 0.229. The van der Waals surface area contributed by atoms with Crippen LogP contribution in [0.5, 0.6) is 0 Å². The fourth-order valence-electron chi connectivity index (χ4n) is 3.27. The second-order valence-electron chi connectivity index (χ2n) is 6.49. The lowest BCUT2D eigenvalue weighted by Crippen LogP contribution is -2.45. The van der Waals surface area contributed by atoms with Crippen molar-refractivity contribution >= 4 is 23.2 Å². The van der Waals surface area contributed by atoms with Crippen LogP contribution in [0.2, 0.25) is 5.02 Å². The zero-order valence-corrected chi connectivity index (χ0v) is 15.2. The second-order valence-corrected chi connectivity index (χ2v) is 6.90. The molecule has 1 aromatic heterocycles. The molecule has 27 heavy (non-hydrogen) atoms. The molecule has 1 amide bonds. The van der Waals surface area contributed by atoms with Crippen molar-refractivity contribution in [2.45, 2.75) is 44.3 Å². The summed E-state index contributed by atoms with van der Waals surface area (Å²) < 4.78 is 44.5. The van der Waals surface area contributed by atoms with Gasteiger partial charge in [0.1, 0.15) is 0 Å². The maximum atomic E-state index is 13.1. The first kappa shape index (κ1) is 19.6. The summed E-state index contributed by atoms with van der Waals surface area (Å²) in [5.41, 5.74) is -2.07. The molecule has 1 fully saturated rings. The maximum Gasteiger partial charge on any atom is 0.418 e. The number of alkyl halides is 3. The number of carbonyl (C=O) groups is 1. The number of anilines is 1. The van der Waals surface area contributed by atoms with Gasteiger partial charge in [0.15, 0.2) is 5.82 Å². The molecule has 1 aliphatic carbocycles. The van der Waals surface area contributed by atoms with Crippen LogP contribution in [0.1, 0.15) is 43.0 Å². The first-order valence-electron chi connectivity index (χ1n) is 8.43. The van der Waals surface area contributed by atoms with Gasteiger partial charge in [-0.25, -0.2) is 0 Å². The highest BCUT2D eigenvalue weighted by molar-refractivity contribution is 6.34. The molecule has 0 spiro atoms. The van der Waals surface area contributed by atoms with Crippen LogP contribution in [0.4, 0.5) is 18.9 Å². The van der Waals surface area contributed by atoms with Gasteiger partial charge in [-0.15, -0.1) is 0 Å². The van der Waals surface area contributed by atoms with E-state index < -0.39 is 28.9 Å². The van der Waals surface area contributed by atoms with E-state index in [4.69, 9.17) is 16.1 Å². The molecule has 2 N–H and O–H groups in total. The zero-order valence-electron chi connectivity index (χ0n) is 14.5. The van der Waals surface area contributed by atoms with Crippen LogP contribution in [-0.2, 0) is 16.5 Å². The average Bonchev–Trinajstić information content (AvgIpc) is 3.23. The SMILES string of the molecule is Cc1nc(C2(NCC(=O)Nc3c(Cl)cccc3C(F)(F)F)CCCC2)no1. The number of halogens is 4. The number of nitrogens with one attached hydrogen (secondary N) is 2. The van der Waals surface area contributed by atoms with Crippen molar-refractivity contribution in [3.05, 3.63) is 40.5 Å². The molecule has 0 atom stereocenters. The molecule has 1 aliphatic rings. The summed E-state index contributed by atoms with van der Waals surface area (Å²) in [6.45, 7) is 1.46. The molecule has 1 heterocycles. The molecule has 3 rings (SSSR count). The van der Waals surface area contributed by atoms with Crippen molar-refractivity contribution in [1.29, 1.82) is 0 Å². The van der Waals surface area contributed by atoms with E-state index in [0.29, 0.717) is 24.6 Å². The van der Waals surface area contributed by atoms with Crippen LogP contribution in [0.3, 0.4) is 0 Å². The molecule has 1 saturated carbocycles. The molecule has 0 bridgehead atoms. The molecule has 0 saturated heterocycles. The number of rotatable bonds is 5. The molecule has 0 unspecified atom stereocenters. The monoisotopic (exact) mass is 402 g/mol. The third kappa shape index (κ3) is 4.24. The van der Waals surface area contributed by atoms with E-state index in [1.54, 1.807) is 6.92 Å². The van der Waals surface area contributed by atoms with Gasteiger partial charge in [0.25, 0.3) is 0 Å². The molecule has 6 nitrogen and oxygen atoms in total. The number of nitrogens with zero attached hydrogens (tertiary/aromatic N) is 2. The molecule has 1 aromatic carbocycles. The summed E-state index contributed by atoms with van der Waals surface area (Å²) in [6, 6.07) is 3.35. The Hall–Kier alpha value is -2.13. The Balaban J connectivity index is 1.73. The van der Waals surface area contributed by atoms with Gasteiger partial charge < -0.3 is 9.84 Å². The van der Waals surface area contributed by atoms with E-state index in [1.807, 2.05) is 0 Å². The van der Waals surface area contributed by atoms with Gasteiger partial charge in [0, 0.05) is 6.92 Å². The molecule has 2 aromatic rings. The molecular weight excluding hydrogens is 385 g/mol. The minimum atomic E-state index is -4.63. The zero-order chi connectivity index (χ0) is 19.7. The quantitative estimate of drug-likeness (QED) is 0.788. The van der Waals surface area contributed by atoms with Crippen LogP contribution >= 0.6 is 11.6 Å². The Labute approximate surface area is 158 Å². The van der Waals surface area contributed by atoms with E-state index in [-0.39, 0.29) is 11.6 Å². The Morgan fingerprint density at radius 1 is 1.33 bits per heavy atom.